The maximum atomic E-state index is 12.7. The van der Waals surface area contributed by atoms with Gasteiger partial charge in [-0.15, -0.1) is 0 Å². The van der Waals surface area contributed by atoms with Crippen LogP contribution >= 0.6 is 0 Å². The molecule has 0 aliphatic carbocycles. The first-order valence-electron chi connectivity index (χ1n) is 10.3. The van der Waals surface area contributed by atoms with Crippen LogP contribution in [-0.2, 0) is 11.2 Å². The average molecular weight is 415 g/mol. The Bertz CT molecular complexity index is 1320. The lowest BCUT2D eigenvalue weighted by molar-refractivity contribution is -0.116. The molecule has 0 unspecified atom stereocenters. The molecule has 0 spiro atoms. The topological polar surface area (TPSA) is 88.4 Å². The van der Waals surface area contributed by atoms with Crippen LogP contribution in [0.2, 0.25) is 0 Å². The van der Waals surface area contributed by atoms with Gasteiger partial charge in [0.15, 0.2) is 5.65 Å². The van der Waals surface area contributed by atoms with Gasteiger partial charge >= 0.3 is 0 Å². The molecule has 2 heterocycles. The number of benzene rings is 2. The first-order valence-corrected chi connectivity index (χ1v) is 10.3. The summed E-state index contributed by atoms with van der Waals surface area (Å²) in [5.74, 6) is -0.285. The third-order valence-corrected chi connectivity index (χ3v) is 5.70. The molecule has 0 bridgehead atoms. The summed E-state index contributed by atoms with van der Waals surface area (Å²) in [6.45, 7) is 5.81. The molecule has 7 heteroatoms. The van der Waals surface area contributed by atoms with E-state index in [4.69, 9.17) is 4.98 Å². The number of aromatic nitrogens is 3. The Kier molecular flexibility index (Phi) is 5.42. The molecule has 0 atom stereocenters. The normalized spacial score (nSPS) is 11.1. The van der Waals surface area contributed by atoms with Gasteiger partial charge in [-0.1, -0.05) is 18.2 Å². The Balaban J connectivity index is 1.55. The van der Waals surface area contributed by atoms with Crippen LogP contribution in [0, 0.1) is 20.8 Å². The number of anilines is 1. The number of hydrogen-bond donors (Lipinski definition) is 2. The van der Waals surface area contributed by atoms with Crippen LogP contribution < -0.4 is 10.6 Å². The van der Waals surface area contributed by atoms with Gasteiger partial charge in [-0.05, 0) is 62.6 Å². The lowest BCUT2D eigenvalue weighted by Crippen LogP contribution is -2.20. The molecular formula is C24H25N5O2. The van der Waals surface area contributed by atoms with Crippen LogP contribution in [0.1, 0.15) is 39.3 Å². The van der Waals surface area contributed by atoms with E-state index in [0.717, 1.165) is 39.1 Å². The standard InChI is InChI=1S/C24H25N5O2/c1-14-17(24(31)25-4)9-7-11-20(14)27-22(30)13-12-18-15(2)26-23-19-8-5-6-10-21(19)28-29(23)16(18)3/h5-11H,12-13H2,1-4H3,(H,25,31)(H,27,30). The number of carbonyl (C=O) groups is 2. The van der Waals surface area contributed by atoms with E-state index in [2.05, 4.69) is 15.7 Å². The van der Waals surface area contributed by atoms with Crippen LogP contribution in [0.4, 0.5) is 5.69 Å². The molecule has 0 aliphatic heterocycles. The van der Waals surface area contributed by atoms with E-state index in [-0.39, 0.29) is 11.8 Å². The van der Waals surface area contributed by atoms with Crippen molar-refractivity contribution in [3.8, 4) is 0 Å². The monoisotopic (exact) mass is 415 g/mol. The van der Waals surface area contributed by atoms with Crippen molar-refractivity contribution in [1.82, 2.24) is 19.9 Å². The Morgan fingerprint density at radius 2 is 1.81 bits per heavy atom. The second-order valence-electron chi connectivity index (χ2n) is 7.62. The van der Waals surface area contributed by atoms with Crippen LogP contribution in [-0.4, -0.2) is 33.5 Å². The number of rotatable bonds is 5. The van der Waals surface area contributed by atoms with Crippen molar-refractivity contribution in [1.29, 1.82) is 0 Å². The van der Waals surface area contributed by atoms with Crippen LogP contribution in [0.25, 0.3) is 16.6 Å². The molecule has 0 radical (unpaired) electrons. The van der Waals surface area contributed by atoms with Gasteiger partial charge < -0.3 is 10.6 Å². The fraction of sp³-hybridized carbons (Fsp3) is 0.250. The van der Waals surface area contributed by atoms with E-state index in [1.807, 2.05) is 49.6 Å². The van der Waals surface area contributed by atoms with E-state index in [1.165, 1.54) is 0 Å². The van der Waals surface area contributed by atoms with E-state index >= 15 is 0 Å². The predicted molar refractivity (Wildman–Crippen MR) is 121 cm³/mol. The highest BCUT2D eigenvalue weighted by Gasteiger charge is 2.16. The summed E-state index contributed by atoms with van der Waals surface area (Å²) < 4.78 is 1.86. The third kappa shape index (κ3) is 3.74. The van der Waals surface area contributed by atoms with Crippen molar-refractivity contribution in [2.24, 2.45) is 0 Å². The van der Waals surface area contributed by atoms with Gasteiger partial charge in [-0.3, -0.25) is 9.59 Å². The van der Waals surface area contributed by atoms with Gasteiger partial charge in [0.05, 0.1) is 5.52 Å². The lowest BCUT2D eigenvalue weighted by Gasteiger charge is -2.13. The number of nitrogens with zero attached hydrogens (tertiary/aromatic N) is 3. The maximum absolute atomic E-state index is 12.7. The molecular weight excluding hydrogens is 390 g/mol. The third-order valence-electron chi connectivity index (χ3n) is 5.70. The zero-order chi connectivity index (χ0) is 22.1. The number of fused-ring (bicyclic) bond motifs is 3. The molecule has 158 valence electrons. The van der Waals surface area contributed by atoms with E-state index < -0.39 is 0 Å². The Hall–Kier alpha value is -3.74. The summed E-state index contributed by atoms with van der Waals surface area (Å²) in [5, 5.41) is 11.2. The van der Waals surface area contributed by atoms with E-state index in [0.29, 0.717) is 24.1 Å². The Morgan fingerprint density at radius 1 is 1.03 bits per heavy atom. The van der Waals surface area contributed by atoms with E-state index in [1.54, 1.807) is 25.2 Å². The maximum Gasteiger partial charge on any atom is 0.251 e. The molecule has 2 N–H and O–H groups in total. The van der Waals surface area contributed by atoms with Gasteiger partial charge in [0, 0.05) is 41.5 Å². The van der Waals surface area contributed by atoms with Gasteiger partial charge in [-0.25, -0.2) is 9.50 Å². The molecule has 0 fully saturated rings. The quantitative estimate of drug-likeness (QED) is 0.520. The molecule has 4 aromatic rings. The lowest BCUT2D eigenvalue weighted by atomic mass is 10.0. The molecule has 0 saturated heterocycles. The van der Waals surface area contributed by atoms with Crippen LogP contribution in [0.15, 0.2) is 42.5 Å². The molecule has 7 nitrogen and oxygen atoms in total. The van der Waals surface area contributed by atoms with Gasteiger partial charge in [-0.2, -0.15) is 5.10 Å². The molecule has 0 saturated carbocycles. The van der Waals surface area contributed by atoms with Gasteiger partial charge in [0.1, 0.15) is 0 Å². The molecule has 4 rings (SSSR count). The van der Waals surface area contributed by atoms with Gasteiger partial charge in [0.2, 0.25) is 5.91 Å². The second-order valence-corrected chi connectivity index (χ2v) is 7.62. The fourth-order valence-corrected chi connectivity index (χ4v) is 3.94. The SMILES string of the molecule is CNC(=O)c1cccc(NC(=O)CCc2c(C)nc3c4ccccc4nn3c2C)c1C. The second kappa shape index (κ2) is 8.18. The Labute approximate surface area is 180 Å². The van der Waals surface area contributed by atoms with Crippen LogP contribution in [0.5, 0.6) is 0 Å². The highest BCUT2D eigenvalue weighted by atomic mass is 16.2. The zero-order valence-electron chi connectivity index (χ0n) is 18.1. The summed E-state index contributed by atoms with van der Waals surface area (Å²) in [4.78, 5) is 29.4. The first-order chi connectivity index (χ1) is 14.9. The van der Waals surface area contributed by atoms with Gasteiger partial charge in [0.25, 0.3) is 5.91 Å². The summed E-state index contributed by atoms with van der Waals surface area (Å²) in [6, 6.07) is 13.2. The summed E-state index contributed by atoms with van der Waals surface area (Å²) in [5.41, 5.74) is 6.59. The minimum atomic E-state index is -0.175. The van der Waals surface area contributed by atoms with Crippen molar-refractivity contribution in [3.63, 3.8) is 0 Å². The molecule has 2 aromatic carbocycles. The van der Waals surface area contributed by atoms with Crippen molar-refractivity contribution < 1.29 is 9.59 Å². The largest absolute Gasteiger partial charge is 0.355 e. The smallest absolute Gasteiger partial charge is 0.251 e. The number of hydrogen-bond acceptors (Lipinski definition) is 4. The molecule has 2 aromatic heterocycles. The zero-order valence-corrected chi connectivity index (χ0v) is 18.1. The number of carbonyl (C=O) groups excluding carboxylic acids is 2. The highest BCUT2D eigenvalue weighted by Crippen LogP contribution is 2.23. The summed E-state index contributed by atoms with van der Waals surface area (Å²) in [7, 11) is 1.59. The average Bonchev–Trinajstić information content (AvgIpc) is 3.13. The van der Waals surface area contributed by atoms with Crippen molar-refractivity contribution in [2.45, 2.75) is 33.6 Å². The first kappa shape index (κ1) is 20.5. The summed E-state index contributed by atoms with van der Waals surface area (Å²) in [6.07, 6.45) is 0.857. The van der Waals surface area contributed by atoms with Crippen LogP contribution in [0.3, 0.4) is 0 Å². The molecule has 31 heavy (non-hydrogen) atoms. The minimum Gasteiger partial charge on any atom is -0.355 e. The fourth-order valence-electron chi connectivity index (χ4n) is 3.94. The number of nitrogens with one attached hydrogen (secondary N) is 2. The predicted octanol–water partition coefficient (Wildman–Crippen LogP) is 3.74. The summed E-state index contributed by atoms with van der Waals surface area (Å²) >= 11 is 0. The molecule has 0 aliphatic rings. The number of aryl methyl sites for hydroxylation is 2. The Morgan fingerprint density at radius 3 is 2.58 bits per heavy atom. The van der Waals surface area contributed by atoms with E-state index in [9.17, 15) is 9.59 Å². The highest BCUT2D eigenvalue weighted by molar-refractivity contribution is 5.99. The minimum absolute atomic E-state index is 0.110. The molecule has 2 amide bonds. The van der Waals surface area contributed by atoms with Crippen molar-refractivity contribution in [3.05, 3.63) is 70.5 Å². The number of amides is 2. The van der Waals surface area contributed by atoms with Crippen molar-refractivity contribution >= 4 is 34.1 Å². The van der Waals surface area contributed by atoms with Crippen molar-refractivity contribution in [2.75, 3.05) is 12.4 Å².